The molecule has 1 aliphatic heterocycles. The third-order valence-electron chi connectivity index (χ3n) is 2.49. The van der Waals surface area contributed by atoms with Crippen LogP contribution in [0.1, 0.15) is 12.8 Å². The van der Waals surface area contributed by atoms with Gasteiger partial charge in [0, 0.05) is 0 Å². The van der Waals surface area contributed by atoms with Crippen LogP contribution in [0.5, 0.6) is 0 Å². The molecule has 15 heavy (non-hydrogen) atoms. The molecule has 3 N–H and O–H groups in total. The molecule has 0 spiro atoms. The number of esters is 1. The van der Waals surface area contributed by atoms with E-state index in [9.17, 15) is 9.36 Å². The zero-order valence-corrected chi connectivity index (χ0v) is 9.44. The van der Waals surface area contributed by atoms with Gasteiger partial charge in [-0.05, 0) is 25.3 Å². The first-order chi connectivity index (χ1) is 6.92. The van der Waals surface area contributed by atoms with Gasteiger partial charge < -0.3 is 19.8 Å². The lowest BCUT2D eigenvalue weighted by atomic mass is 9.94. The second-order valence-electron chi connectivity index (χ2n) is 3.77. The standard InChI is InChI=1S/C8H16NO5P/c1-14-8(10)7-4-6(2-3-9-7)5-15(11,12)13/h6-7,9H,2-5H2,1H3,(H2,11,12,13)/t6-,7+/m1/s1. The number of carbonyl (C=O) groups excluding carboxylic acids is 1. The maximum absolute atomic E-state index is 11.2. The largest absolute Gasteiger partial charge is 0.468 e. The normalized spacial score (nSPS) is 27.4. The molecule has 1 rings (SSSR count). The number of nitrogens with one attached hydrogen (secondary N) is 1. The zero-order chi connectivity index (χ0) is 11.5. The van der Waals surface area contributed by atoms with Gasteiger partial charge in [0.2, 0.25) is 0 Å². The van der Waals surface area contributed by atoms with Crippen molar-refractivity contribution in [2.24, 2.45) is 5.92 Å². The highest BCUT2D eigenvalue weighted by Gasteiger charge is 2.31. The number of carbonyl (C=O) groups is 1. The molecule has 7 heteroatoms. The summed E-state index contributed by atoms with van der Waals surface area (Å²) in [5, 5.41) is 2.96. The van der Waals surface area contributed by atoms with Gasteiger partial charge in [0.1, 0.15) is 6.04 Å². The van der Waals surface area contributed by atoms with Crippen molar-refractivity contribution in [3.63, 3.8) is 0 Å². The zero-order valence-electron chi connectivity index (χ0n) is 8.55. The van der Waals surface area contributed by atoms with Crippen molar-refractivity contribution in [1.29, 1.82) is 0 Å². The maximum Gasteiger partial charge on any atom is 0.325 e. The van der Waals surface area contributed by atoms with E-state index in [1.807, 2.05) is 0 Å². The van der Waals surface area contributed by atoms with E-state index >= 15 is 0 Å². The van der Waals surface area contributed by atoms with Crippen LogP contribution in [0.3, 0.4) is 0 Å². The van der Waals surface area contributed by atoms with E-state index in [1.54, 1.807) is 0 Å². The van der Waals surface area contributed by atoms with E-state index in [2.05, 4.69) is 10.1 Å². The molecule has 0 aliphatic carbocycles. The first-order valence-electron chi connectivity index (χ1n) is 4.78. The highest BCUT2D eigenvalue weighted by atomic mass is 31.2. The fourth-order valence-electron chi connectivity index (χ4n) is 1.82. The van der Waals surface area contributed by atoms with Crippen LogP contribution in [-0.4, -0.2) is 41.6 Å². The molecule has 1 heterocycles. The van der Waals surface area contributed by atoms with Crippen LogP contribution in [0.4, 0.5) is 0 Å². The first kappa shape index (κ1) is 12.6. The lowest BCUT2D eigenvalue weighted by molar-refractivity contribution is -0.144. The topological polar surface area (TPSA) is 95.9 Å². The van der Waals surface area contributed by atoms with Crippen molar-refractivity contribution in [1.82, 2.24) is 5.32 Å². The number of rotatable bonds is 3. The van der Waals surface area contributed by atoms with E-state index in [0.29, 0.717) is 19.4 Å². The molecule has 0 aromatic heterocycles. The summed E-state index contributed by atoms with van der Waals surface area (Å²) >= 11 is 0. The molecule has 1 aliphatic rings. The Hall–Kier alpha value is -0.420. The van der Waals surface area contributed by atoms with Crippen LogP contribution in [0.15, 0.2) is 0 Å². The Kier molecular flexibility index (Phi) is 4.28. The summed E-state index contributed by atoms with van der Waals surface area (Å²) in [6.07, 6.45) is 0.957. The Morgan fingerprint density at radius 3 is 2.80 bits per heavy atom. The van der Waals surface area contributed by atoms with Gasteiger partial charge in [0.05, 0.1) is 13.3 Å². The third kappa shape index (κ3) is 4.30. The van der Waals surface area contributed by atoms with E-state index in [1.165, 1.54) is 7.11 Å². The van der Waals surface area contributed by atoms with Gasteiger partial charge in [-0.2, -0.15) is 0 Å². The smallest absolute Gasteiger partial charge is 0.325 e. The number of hydrogen-bond acceptors (Lipinski definition) is 4. The van der Waals surface area contributed by atoms with Gasteiger partial charge in [0.15, 0.2) is 0 Å². The van der Waals surface area contributed by atoms with Crippen molar-refractivity contribution in [2.75, 3.05) is 19.8 Å². The van der Waals surface area contributed by atoms with Gasteiger partial charge in [-0.25, -0.2) is 0 Å². The Morgan fingerprint density at radius 2 is 2.27 bits per heavy atom. The summed E-state index contributed by atoms with van der Waals surface area (Å²) in [6.45, 7) is 0.588. The SMILES string of the molecule is COC(=O)[C@@H]1C[C@H](CP(=O)(O)O)CCN1. The molecule has 0 amide bonds. The molecule has 0 saturated carbocycles. The van der Waals surface area contributed by atoms with E-state index in [-0.39, 0.29) is 18.0 Å². The minimum Gasteiger partial charge on any atom is -0.468 e. The first-order valence-corrected chi connectivity index (χ1v) is 6.58. The molecule has 0 unspecified atom stereocenters. The second kappa shape index (κ2) is 5.07. The lowest BCUT2D eigenvalue weighted by Gasteiger charge is -2.28. The van der Waals surface area contributed by atoms with E-state index in [4.69, 9.17) is 9.79 Å². The Morgan fingerprint density at radius 1 is 1.60 bits per heavy atom. The fourth-order valence-corrected chi connectivity index (χ4v) is 2.82. The molecule has 0 bridgehead atoms. The summed E-state index contributed by atoms with van der Waals surface area (Å²) in [7, 11) is -2.68. The highest BCUT2D eigenvalue weighted by Crippen LogP contribution is 2.39. The average Bonchev–Trinajstić information content (AvgIpc) is 2.14. The second-order valence-corrected chi connectivity index (χ2v) is 5.46. The average molecular weight is 237 g/mol. The monoisotopic (exact) mass is 237 g/mol. The maximum atomic E-state index is 11.2. The van der Waals surface area contributed by atoms with Crippen molar-refractivity contribution in [3.05, 3.63) is 0 Å². The molecule has 0 aromatic carbocycles. The molecular weight excluding hydrogens is 221 g/mol. The van der Waals surface area contributed by atoms with E-state index < -0.39 is 13.6 Å². The van der Waals surface area contributed by atoms with Crippen LogP contribution in [0, 0.1) is 5.92 Å². The summed E-state index contributed by atoms with van der Waals surface area (Å²) in [5.41, 5.74) is 0. The van der Waals surface area contributed by atoms with Gasteiger partial charge in [0.25, 0.3) is 0 Å². The van der Waals surface area contributed by atoms with Gasteiger partial charge in [-0.1, -0.05) is 0 Å². The number of ether oxygens (including phenoxy) is 1. The molecule has 2 atom stereocenters. The Bertz CT molecular complexity index is 276. The Balaban J connectivity index is 2.49. The summed E-state index contributed by atoms with van der Waals surface area (Å²) in [5.74, 6) is -0.485. The minimum absolute atomic E-state index is 0.115. The predicted molar refractivity (Wildman–Crippen MR) is 53.4 cm³/mol. The van der Waals surface area contributed by atoms with Crippen LogP contribution in [0.2, 0.25) is 0 Å². The summed E-state index contributed by atoms with van der Waals surface area (Å²) < 4.78 is 15.4. The number of piperidine rings is 1. The number of hydrogen-bond donors (Lipinski definition) is 3. The molecule has 88 valence electrons. The highest BCUT2D eigenvalue weighted by molar-refractivity contribution is 7.51. The van der Waals surface area contributed by atoms with Gasteiger partial charge in [-0.3, -0.25) is 9.36 Å². The fraction of sp³-hybridized carbons (Fsp3) is 0.875. The summed E-state index contributed by atoms with van der Waals surface area (Å²) in [4.78, 5) is 28.9. The van der Waals surface area contributed by atoms with Gasteiger partial charge >= 0.3 is 13.6 Å². The molecular formula is C8H16NO5P. The molecule has 0 aromatic rings. The van der Waals surface area contributed by atoms with Crippen LogP contribution in [-0.2, 0) is 14.1 Å². The molecule has 6 nitrogen and oxygen atoms in total. The van der Waals surface area contributed by atoms with Crippen molar-refractivity contribution in [3.8, 4) is 0 Å². The predicted octanol–water partition coefficient (Wildman–Crippen LogP) is -0.295. The Labute approximate surface area is 88.2 Å². The van der Waals surface area contributed by atoms with Crippen molar-refractivity contribution < 1.29 is 23.9 Å². The summed E-state index contributed by atoms with van der Waals surface area (Å²) in [6, 6.07) is -0.430. The molecule has 1 saturated heterocycles. The van der Waals surface area contributed by atoms with Crippen molar-refractivity contribution in [2.45, 2.75) is 18.9 Å². The minimum atomic E-state index is -3.98. The van der Waals surface area contributed by atoms with E-state index in [0.717, 1.165) is 0 Å². The number of methoxy groups -OCH3 is 1. The molecule has 1 fully saturated rings. The van der Waals surface area contributed by atoms with Gasteiger partial charge in [-0.15, -0.1) is 0 Å². The molecule has 0 radical (unpaired) electrons. The van der Waals surface area contributed by atoms with Crippen LogP contribution < -0.4 is 5.32 Å². The lowest BCUT2D eigenvalue weighted by Crippen LogP contribution is -2.44. The quantitative estimate of drug-likeness (QED) is 0.461. The van der Waals surface area contributed by atoms with Crippen molar-refractivity contribution >= 4 is 13.6 Å². The van der Waals surface area contributed by atoms with Crippen LogP contribution in [0.25, 0.3) is 0 Å². The third-order valence-corrected chi connectivity index (χ3v) is 3.49. The van der Waals surface area contributed by atoms with Crippen LogP contribution >= 0.6 is 7.60 Å².